The summed E-state index contributed by atoms with van der Waals surface area (Å²) in [6.07, 6.45) is 0.112. The minimum Gasteiger partial charge on any atom is -0.452 e. The van der Waals surface area contributed by atoms with E-state index in [0.29, 0.717) is 37.3 Å². The number of nitrogens with zero attached hydrogens (tertiary/aromatic N) is 1. The van der Waals surface area contributed by atoms with Gasteiger partial charge in [-0.05, 0) is 44.0 Å². The highest BCUT2D eigenvalue weighted by Gasteiger charge is 2.33. The van der Waals surface area contributed by atoms with Gasteiger partial charge in [0.1, 0.15) is 0 Å². The zero-order valence-corrected chi connectivity index (χ0v) is 18.3. The molecule has 0 unspecified atom stereocenters. The van der Waals surface area contributed by atoms with Crippen LogP contribution in [0, 0.1) is 11.3 Å². The molecule has 0 aliphatic carbocycles. The van der Waals surface area contributed by atoms with Crippen LogP contribution < -0.4 is 10.6 Å². The summed E-state index contributed by atoms with van der Waals surface area (Å²) in [6, 6.07) is 6.64. The Hall–Kier alpha value is -2.90. The Morgan fingerprint density at radius 2 is 1.50 bits per heavy atom. The number of carbonyl (C=O) groups excluding carboxylic acids is 4. The van der Waals surface area contributed by atoms with Crippen LogP contribution in [0.2, 0.25) is 0 Å². The van der Waals surface area contributed by atoms with E-state index in [1.807, 2.05) is 20.8 Å². The first-order chi connectivity index (χ1) is 14.0. The highest BCUT2D eigenvalue weighted by Crippen LogP contribution is 2.24. The van der Waals surface area contributed by atoms with E-state index in [2.05, 4.69) is 10.6 Å². The molecule has 0 bridgehead atoms. The molecule has 0 aromatic heterocycles. The molecular weight excluding hydrogens is 386 g/mol. The fraction of sp³-hybridized carbons (Fsp3) is 0.545. The number of likely N-dealkylation sites (tertiary alicyclic amines) is 1. The van der Waals surface area contributed by atoms with Gasteiger partial charge in [0.25, 0.3) is 5.91 Å². The molecule has 1 aliphatic heterocycles. The second kappa shape index (κ2) is 9.73. The predicted molar refractivity (Wildman–Crippen MR) is 114 cm³/mol. The predicted octanol–water partition coefficient (Wildman–Crippen LogP) is 2.80. The molecule has 8 heteroatoms. The molecule has 1 aliphatic rings. The van der Waals surface area contributed by atoms with Crippen LogP contribution in [0.1, 0.15) is 47.5 Å². The number of hydrogen-bond acceptors (Lipinski definition) is 5. The number of esters is 1. The molecule has 1 saturated heterocycles. The Labute approximate surface area is 177 Å². The average Bonchev–Trinajstić information content (AvgIpc) is 2.67. The molecule has 1 aromatic rings. The smallest absolute Gasteiger partial charge is 0.309 e. The Kier molecular flexibility index (Phi) is 7.59. The van der Waals surface area contributed by atoms with E-state index >= 15 is 0 Å². The van der Waals surface area contributed by atoms with Crippen molar-refractivity contribution in [2.24, 2.45) is 11.3 Å². The van der Waals surface area contributed by atoms with E-state index in [9.17, 15) is 19.2 Å². The van der Waals surface area contributed by atoms with Crippen LogP contribution in [0.5, 0.6) is 0 Å². The highest BCUT2D eigenvalue weighted by atomic mass is 16.5. The number of ether oxygens (including phenoxy) is 1. The van der Waals surface area contributed by atoms with Crippen molar-refractivity contribution in [3.05, 3.63) is 24.3 Å². The van der Waals surface area contributed by atoms with Crippen molar-refractivity contribution in [1.82, 2.24) is 4.90 Å². The standard InChI is InChI=1S/C22H31N3O5/c1-14(19(27)24-18-8-6-17(7-9-18)23-15(2)26)30-20(28)16-10-12-25(13-11-16)21(29)22(3,4)5/h6-9,14,16H,10-13H2,1-5H3,(H,23,26)(H,24,27)/t14-/m0/s1. The van der Waals surface area contributed by atoms with Gasteiger partial charge in [0.2, 0.25) is 11.8 Å². The van der Waals surface area contributed by atoms with Gasteiger partial charge in [-0.1, -0.05) is 20.8 Å². The summed E-state index contributed by atoms with van der Waals surface area (Å²) in [4.78, 5) is 49.9. The van der Waals surface area contributed by atoms with E-state index < -0.39 is 23.4 Å². The van der Waals surface area contributed by atoms with E-state index in [1.165, 1.54) is 13.8 Å². The molecule has 1 atom stereocenters. The van der Waals surface area contributed by atoms with E-state index in [4.69, 9.17) is 4.74 Å². The lowest BCUT2D eigenvalue weighted by molar-refractivity contribution is -0.160. The van der Waals surface area contributed by atoms with Crippen LogP contribution in [0.4, 0.5) is 11.4 Å². The molecule has 1 heterocycles. The van der Waals surface area contributed by atoms with Crippen LogP contribution in [0.3, 0.4) is 0 Å². The quantitative estimate of drug-likeness (QED) is 0.717. The topological polar surface area (TPSA) is 105 Å². The maximum absolute atomic E-state index is 12.4. The molecule has 1 fully saturated rings. The first-order valence-electron chi connectivity index (χ1n) is 10.2. The molecule has 0 saturated carbocycles. The van der Waals surface area contributed by atoms with Gasteiger partial charge in [0, 0.05) is 36.8 Å². The monoisotopic (exact) mass is 417 g/mol. The molecule has 164 valence electrons. The summed E-state index contributed by atoms with van der Waals surface area (Å²) < 4.78 is 5.35. The number of anilines is 2. The number of benzene rings is 1. The number of hydrogen-bond donors (Lipinski definition) is 2. The summed E-state index contributed by atoms with van der Waals surface area (Å²) in [5, 5.41) is 5.33. The zero-order valence-electron chi connectivity index (χ0n) is 18.3. The number of rotatable bonds is 5. The maximum atomic E-state index is 12.4. The van der Waals surface area contributed by atoms with Crippen molar-refractivity contribution in [2.75, 3.05) is 23.7 Å². The summed E-state index contributed by atoms with van der Waals surface area (Å²) >= 11 is 0. The van der Waals surface area contributed by atoms with E-state index in [1.54, 1.807) is 29.2 Å². The van der Waals surface area contributed by atoms with Crippen LogP contribution in [0.15, 0.2) is 24.3 Å². The molecule has 2 rings (SSSR count). The first kappa shape index (κ1) is 23.4. The summed E-state index contributed by atoms with van der Waals surface area (Å²) in [5.74, 6) is -1.27. The lowest BCUT2D eigenvalue weighted by atomic mass is 9.91. The molecule has 0 spiro atoms. The Bertz CT molecular complexity index is 790. The van der Waals surface area contributed by atoms with Crippen LogP contribution >= 0.6 is 0 Å². The normalized spacial score (nSPS) is 15.8. The second-order valence-corrected chi connectivity index (χ2v) is 8.64. The Balaban J connectivity index is 1.82. The fourth-order valence-electron chi connectivity index (χ4n) is 3.20. The first-order valence-corrected chi connectivity index (χ1v) is 10.2. The minimum atomic E-state index is -0.943. The number of nitrogens with one attached hydrogen (secondary N) is 2. The molecular formula is C22H31N3O5. The fourth-order valence-corrected chi connectivity index (χ4v) is 3.20. The Morgan fingerprint density at radius 1 is 1.00 bits per heavy atom. The van der Waals surface area contributed by atoms with E-state index in [-0.39, 0.29) is 17.7 Å². The van der Waals surface area contributed by atoms with Crippen LogP contribution in [-0.4, -0.2) is 47.8 Å². The maximum Gasteiger partial charge on any atom is 0.309 e. The summed E-state index contributed by atoms with van der Waals surface area (Å²) in [7, 11) is 0. The van der Waals surface area contributed by atoms with E-state index in [0.717, 1.165) is 0 Å². The van der Waals surface area contributed by atoms with Crippen molar-refractivity contribution in [3.63, 3.8) is 0 Å². The number of amides is 3. The largest absolute Gasteiger partial charge is 0.452 e. The zero-order chi connectivity index (χ0) is 22.5. The lowest BCUT2D eigenvalue weighted by Crippen LogP contribution is -2.45. The number of piperidine rings is 1. The van der Waals surface area contributed by atoms with Crippen molar-refractivity contribution in [3.8, 4) is 0 Å². The van der Waals surface area contributed by atoms with Gasteiger partial charge in [0.05, 0.1) is 5.92 Å². The second-order valence-electron chi connectivity index (χ2n) is 8.64. The third-order valence-electron chi connectivity index (χ3n) is 4.89. The highest BCUT2D eigenvalue weighted by molar-refractivity contribution is 5.95. The number of carbonyl (C=O) groups is 4. The third-order valence-corrected chi connectivity index (χ3v) is 4.89. The average molecular weight is 418 g/mol. The van der Waals surface area contributed by atoms with Gasteiger partial charge >= 0.3 is 5.97 Å². The van der Waals surface area contributed by atoms with Gasteiger partial charge in [-0.3, -0.25) is 19.2 Å². The SMILES string of the molecule is CC(=O)Nc1ccc(NC(=O)[C@H](C)OC(=O)C2CCN(C(=O)C(C)(C)C)CC2)cc1. The van der Waals surface area contributed by atoms with Crippen molar-refractivity contribution < 1.29 is 23.9 Å². The third kappa shape index (κ3) is 6.57. The van der Waals surface area contributed by atoms with Gasteiger partial charge in [-0.15, -0.1) is 0 Å². The van der Waals surface area contributed by atoms with Crippen LogP contribution in [0.25, 0.3) is 0 Å². The minimum absolute atomic E-state index is 0.0755. The van der Waals surface area contributed by atoms with Gasteiger partial charge in [-0.2, -0.15) is 0 Å². The molecule has 1 aromatic carbocycles. The molecule has 2 N–H and O–H groups in total. The summed E-state index contributed by atoms with van der Waals surface area (Å²) in [6.45, 7) is 9.60. The molecule has 0 radical (unpaired) electrons. The molecule has 30 heavy (non-hydrogen) atoms. The Morgan fingerprint density at radius 3 is 1.97 bits per heavy atom. The summed E-state index contributed by atoms with van der Waals surface area (Å²) in [5.41, 5.74) is 0.711. The molecule has 3 amide bonds. The molecule has 8 nitrogen and oxygen atoms in total. The van der Waals surface area contributed by atoms with Gasteiger partial charge < -0.3 is 20.3 Å². The van der Waals surface area contributed by atoms with Crippen LogP contribution in [-0.2, 0) is 23.9 Å². The van der Waals surface area contributed by atoms with Crippen molar-refractivity contribution in [1.29, 1.82) is 0 Å². The van der Waals surface area contributed by atoms with Crippen molar-refractivity contribution in [2.45, 2.75) is 53.6 Å². The van der Waals surface area contributed by atoms with Gasteiger partial charge in [0.15, 0.2) is 6.10 Å². The lowest BCUT2D eigenvalue weighted by Gasteiger charge is -2.35. The van der Waals surface area contributed by atoms with Gasteiger partial charge in [-0.25, -0.2) is 0 Å². The van der Waals surface area contributed by atoms with Crippen molar-refractivity contribution >= 4 is 35.1 Å².